The van der Waals surface area contributed by atoms with Gasteiger partial charge in [0, 0.05) is 19.3 Å². The Morgan fingerprint density at radius 3 is 2.64 bits per heavy atom. The number of nitrogens with zero attached hydrogens (tertiary/aromatic N) is 4. The van der Waals surface area contributed by atoms with Crippen LogP contribution in [0.3, 0.4) is 0 Å². The Morgan fingerprint density at radius 1 is 1.09 bits per heavy atom. The number of likely N-dealkylation sites (tertiary alicyclic amines) is 1. The molecule has 3 aromatic rings. The Labute approximate surface area is 192 Å². The third-order valence-electron chi connectivity index (χ3n) is 5.58. The maximum atomic E-state index is 13.7. The highest BCUT2D eigenvalue weighted by molar-refractivity contribution is 6.02. The molecule has 0 radical (unpaired) electrons. The topological polar surface area (TPSA) is 84.9 Å². The fraction of sp³-hybridized carbons (Fsp3) is 0.280. The molecule has 2 amide bonds. The van der Waals surface area contributed by atoms with E-state index in [0.29, 0.717) is 36.6 Å². The van der Waals surface area contributed by atoms with Crippen LogP contribution in [0.25, 0.3) is 0 Å². The van der Waals surface area contributed by atoms with E-state index >= 15 is 0 Å². The van der Waals surface area contributed by atoms with Gasteiger partial charge in [0.15, 0.2) is 0 Å². The van der Waals surface area contributed by atoms with Crippen LogP contribution >= 0.6 is 0 Å². The lowest BCUT2D eigenvalue weighted by Gasteiger charge is -2.34. The molecule has 0 N–H and O–H groups in total. The van der Waals surface area contributed by atoms with Gasteiger partial charge in [-0.3, -0.25) is 9.69 Å². The number of anilines is 2. The van der Waals surface area contributed by atoms with Crippen LogP contribution in [0.2, 0.25) is 0 Å². The molecule has 0 spiro atoms. The quantitative estimate of drug-likeness (QED) is 0.564. The van der Waals surface area contributed by atoms with Crippen LogP contribution in [0.4, 0.5) is 16.3 Å². The summed E-state index contributed by atoms with van der Waals surface area (Å²) in [4.78, 5) is 37.9. The average molecular weight is 447 g/mol. The zero-order valence-electron chi connectivity index (χ0n) is 18.5. The number of methoxy groups -OCH3 is 1. The van der Waals surface area contributed by atoms with Crippen molar-refractivity contribution in [3.8, 4) is 5.75 Å². The number of hydrogen-bond acceptors (Lipinski definition) is 6. The number of carbonyl (C=O) groups is 2. The van der Waals surface area contributed by atoms with Crippen molar-refractivity contribution in [1.82, 2.24) is 14.9 Å². The van der Waals surface area contributed by atoms with E-state index in [2.05, 4.69) is 9.97 Å². The molecule has 33 heavy (non-hydrogen) atoms. The van der Waals surface area contributed by atoms with Gasteiger partial charge in [-0.25, -0.2) is 14.8 Å². The third-order valence-corrected chi connectivity index (χ3v) is 5.58. The van der Waals surface area contributed by atoms with Crippen molar-refractivity contribution in [3.05, 3.63) is 78.8 Å². The zero-order valence-corrected chi connectivity index (χ0v) is 18.5. The summed E-state index contributed by atoms with van der Waals surface area (Å²) in [6.07, 6.45) is 3.95. The highest BCUT2D eigenvalue weighted by atomic mass is 16.6. The van der Waals surface area contributed by atoms with Crippen molar-refractivity contribution >= 4 is 23.5 Å². The van der Waals surface area contributed by atoms with Crippen molar-refractivity contribution in [1.29, 1.82) is 0 Å². The number of benzene rings is 2. The van der Waals surface area contributed by atoms with Gasteiger partial charge in [-0.05, 0) is 36.6 Å². The summed E-state index contributed by atoms with van der Waals surface area (Å²) < 4.78 is 11.0. The number of aromatic nitrogens is 2. The summed E-state index contributed by atoms with van der Waals surface area (Å²) in [5, 5.41) is 0. The first kappa shape index (κ1) is 22.3. The monoisotopic (exact) mass is 446 g/mol. The van der Waals surface area contributed by atoms with Crippen molar-refractivity contribution < 1.29 is 19.1 Å². The molecule has 4 rings (SSSR count). The van der Waals surface area contributed by atoms with Crippen molar-refractivity contribution in [2.45, 2.75) is 19.4 Å². The molecule has 1 saturated heterocycles. The molecule has 1 unspecified atom stereocenters. The van der Waals surface area contributed by atoms with E-state index in [1.165, 1.54) is 6.33 Å². The van der Waals surface area contributed by atoms with Crippen LogP contribution < -0.4 is 9.64 Å². The molecule has 8 nitrogen and oxygen atoms in total. The van der Waals surface area contributed by atoms with E-state index in [-0.39, 0.29) is 19.1 Å². The lowest BCUT2D eigenvalue weighted by Crippen LogP contribution is -2.46. The molecule has 1 fully saturated rings. The molecule has 170 valence electrons. The van der Waals surface area contributed by atoms with E-state index in [4.69, 9.17) is 9.47 Å². The van der Waals surface area contributed by atoms with Crippen molar-refractivity contribution in [2.75, 3.05) is 25.1 Å². The number of ether oxygens (including phenoxy) is 2. The highest BCUT2D eigenvalue weighted by Crippen LogP contribution is 2.35. The summed E-state index contributed by atoms with van der Waals surface area (Å²) >= 11 is 0. The molecule has 2 heterocycles. The standard InChI is InChI=1S/C25H26N4O4/c1-32-22-12-6-5-11-21(22)29(23-13-14-26-18-27-23)24(30)20-10-7-15-28(16-20)25(31)33-17-19-8-3-2-4-9-19/h2-6,8-9,11-14,18,20H,7,10,15-17H2,1H3. The summed E-state index contributed by atoms with van der Waals surface area (Å²) in [7, 11) is 1.56. The number of amides is 2. The normalized spacial score (nSPS) is 15.5. The Bertz CT molecular complexity index is 1080. The largest absolute Gasteiger partial charge is 0.495 e. The molecule has 0 saturated carbocycles. The fourth-order valence-corrected chi connectivity index (χ4v) is 3.92. The Morgan fingerprint density at radius 2 is 1.88 bits per heavy atom. The number of hydrogen-bond donors (Lipinski definition) is 0. The van der Waals surface area contributed by atoms with Gasteiger partial charge in [0.2, 0.25) is 5.91 Å². The van der Waals surface area contributed by atoms with Gasteiger partial charge in [0.1, 0.15) is 24.5 Å². The van der Waals surface area contributed by atoms with Gasteiger partial charge in [-0.1, -0.05) is 42.5 Å². The second kappa shape index (κ2) is 10.6. The predicted octanol–water partition coefficient (Wildman–Crippen LogP) is 4.20. The van der Waals surface area contributed by atoms with Gasteiger partial charge in [0.05, 0.1) is 18.7 Å². The Kier molecular flexibility index (Phi) is 7.14. The van der Waals surface area contributed by atoms with E-state index in [1.54, 1.807) is 35.2 Å². The molecular formula is C25H26N4O4. The first-order valence-electron chi connectivity index (χ1n) is 10.9. The molecule has 1 aromatic heterocycles. The smallest absolute Gasteiger partial charge is 0.410 e. The molecule has 1 aliphatic heterocycles. The van der Waals surface area contributed by atoms with E-state index in [9.17, 15) is 9.59 Å². The third kappa shape index (κ3) is 5.28. The fourth-order valence-electron chi connectivity index (χ4n) is 3.92. The lowest BCUT2D eigenvalue weighted by molar-refractivity contribution is -0.123. The Hall–Kier alpha value is -3.94. The minimum atomic E-state index is -0.415. The number of carbonyl (C=O) groups excluding carboxylic acids is 2. The van der Waals surface area contributed by atoms with E-state index in [0.717, 1.165) is 5.56 Å². The van der Waals surface area contributed by atoms with Crippen LogP contribution in [-0.2, 0) is 16.1 Å². The maximum Gasteiger partial charge on any atom is 0.410 e. The minimum absolute atomic E-state index is 0.154. The summed E-state index contributed by atoms with van der Waals surface area (Å²) in [6, 6.07) is 18.5. The Balaban J connectivity index is 1.52. The molecule has 2 aromatic carbocycles. The van der Waals surface area contributed by atoms with Gasteiger partial charge < -0.3 is 14.4 Å². The van der Waals surface area contributed by atoms with E-state index in [1.807, 2.05) is 48.5 Å². The van der Waals surface area contributed by atoms with Crippen molar-refractivity contribution in [3.63, 3.8) is 0 Å². The predicted molar refractivity (Wildman–Crippen MR) is 123 cm³/mol. The number of para-hydroxylation sites is 2. The van der Waals surface area contributed by atoms with E-state index < -0.39 is 12.0 Å². The molecule has 1 aliphatic rings. The minimum Gasteiger partial charge on any atom is -0.495 e. The van der Waals surface area contributed by atoms with Crippen LogP contribution in [0.5, 0.6) is 5.75 Å². The zero-order chi connectivity index (χ0) is 23.0. The second-order valence-corrected chi connectivity index (χ2v) is 7.74. The summed E-state index contributed by atoms with van der Waals surface area (Å²) in [6.45, 7) is 1.03. The average Bonchev–Trinajstić information content (AvgIpc) is 2.89. The lowest BCUT2D eigenvalue weighted by atomic mass is 9.96. The van der Waals surface area contributed by atoms with Crippen molar-refractivity contribution in [2.24, 2.45) is 5.92 Å². The highest BCUT2D eigenvalue weighted by Gasteiger charge is 2.34. The number of rotatable bonds is 6. The second-order valence-electron chi connectivity index (χ2n) is 7.74. The SMILES string of the molecule is COc1ccccc1N(C(=O)C1CCCN(C(=O)OCc2ccccc2)C1)c1ccncn1. The number of piperidine rings is 1. The van der Waals surface area contributed by atoms with Gasteiger partial charge in [-0.2, -0.15) is 0 Å². The summed E-state index contributed by atoms with van der Waals surface area (Å²) in [5.41, 5.74) is 1.51. The maximum absolute atomic E-state index is 13.7. The van der Waals surface area contributed by atoms with Gasteiger partial charge >= 0.3 is 6.09 Å². The molecule has 1 atom stereocenters. The van der Waals surface area contributed by atoms with Crippen LogP contribution in [0.1, 0.15) is 18.4 Å². The summed E-state index contributed by atoms with van der Waals surface area (Å²) in [5.74, 6) is 0.448. The van der Waals surface area contributed by atoms with Crippen LogP contribution in [-0.4, -0.2) is 47.1 Å². The molecular weight excluding hydrogens is 420 g/mol. The van der Waals surface area contributed by atoms with Crippen LogP contribution in [0.15, 0.2) is 73.2 Å². The molecule has 8 heteroatoms. The molecule has 0 aliphatic carbocycles. The van der Waals surface area contributed by atoms with Gasteiger partial charge in [-0.15, -0.1) is 0 Å². The van der Waals surface area contributed by atoms with Crippen LogP contribution in [0, 0.1) is 5.92 Å². The molecule has 0 bridgehead atoms. The first-order chi connectivity index (χ1) is 16.2. The first-order valence-corrected chi connectivity index (χ1v) is 10.9. The van der Waals surface area contributed by atoms with Gasteiger partial charge in [0.25, 0.3) is 0 Å².